The SMILES string of the molecule is C=C/C=C(/C)OCCO. The first-order valence-electron chi connectivity index (χ1n) is 2.84. The minimum absolute atomic E-state index is 0.0579. The summed E-state index contributed by atoms with van der Waals surface area (Å²) in [7, 11) is 0. The molecule has 0 saturated carbocycles. The number of hydrogen-bond donors (Lipinski definition) is 1. The van der Waals surface area contributed by atoms with E-state index in [9.17, 15) is 0 Å². The van der Waals surface area contributed by atoms with E-state index in [-0.39, 0.29) is 6.61 Å². The standard InChI is InChI=1S/C7H12O2/c1-3-4-7(2)9-6-5-8/h3-4,8H,1,5-6H2,2H3/b7-4-. The topological polar surface area (TPSA) is 29.5 Å². The molecule has 0 unspecified atom stereocenters. The van der Waals surface area contributed by atoms with E-state index in [4.69, 9.17) is 9.84 Å². The van der Waals surface area contributed by atoms with Gasteiger partial charge in [0.05, 0.1) is 12.4 Å². The fourth-order valence-electron chi connectivity index (χ4n) is 0.421. The molecule has 0 aromatic rings. The van der Waals surface area contributed by atoms with Gasteiger partial charge in [0.2, 0.25) is 0 Å². The van der Waals surface area contributed by atoms with Crippen molar-refractivity contribution < 1.29 is 9.84 Å². The molecule has 0 atom stereocenters. The zero-order valence-corrected chi connectivity index (χ0v) is 5.63. The minimum atomic E-state index is 0.0579. The Balaban J connectivity index is 3.36. The molecule has 0 radical (unpaired) electrons. The number of aliphatic hydroxyl groups excluding tert-OH is 1. The van der Waals surface area contributed by atoms with Gasteiger partial charge in [-0.3, -0.25) is 0 Å². The maximum atomic E-state index is 8.31. The van der Waals surface area contributed by atoms with Crippen LogP contribution in [0.4, 0.5) is 0 Å². The van der Waals surface area contributed by atoms with Gasteiger partial charge >= 0.3 is 0 Å². The summed E-state index contributed by atoms with van der Waals surface area (Å²) in [5, 5.41) is 8.31. The second kappa shape index (κ2) is 5.38. The van der Waals surface area contributed by atoms with Crippen LogP contribution in [0.3, 0.4) is 0 Å². The van der Waals surface area contributed by atoms with Gasteiger partial charge in [-0.05, 0) is 13.0 Å². The monoisotopic (exact) mass is 128 g/mol. The fourth-order valence-corrected chi connectivity index (χ4v) is 0.421. The number of ether oxygens (including phenoxy) is 1. The molecule has 0 aliphatic rings. The molecule has 0 spiro atoms. The van der Waals surface area contributed by atoms with Gasteiger partial charge in [0.1, 0.15) is 6.61 Å². The van der Waals surface area contributed by atoms with E-state index in [1.165, 1.54) is 0 Å². The van der Waals surface area contributed by atoms with Crippen LogP contribution < -0.4 is 0 Å². The Labute approximate surface area is 55.5 Å². The van der Waals surface area contributed by atoms with E-state index in [0.717, 1.165) is 5.76 Å². The fraction of sp³-hybridized carbons (Fsp3) is 0.429. The molecule has 0 bridgehead atoms. The Morgan fingerprint density at radius 2 is 2.44 bits per heavy atom. The molecular weight excluding hydrogens is 116 g/mol. The third-order valence-electron chi connectivity index (χ3n) is 0.774. The van der Waals surface area contributed by atoms with Crippen molar-refractivity contribution in [3.63, 3.8) is 0 Å². The summed E-state index contributed by atoms with van der Waals surface area (Å²) in [5.74, 6) is 0.777. The van der Waals surface area contributed by atoms with Gasteiger partial charge in [-0.25, -0.2) is 0 Å². The van der Waals surface area contributed by atoms with Crippen molar-refractivity contribution in [2.24, 2.45) is 0 Å². The first-order valence-corrected chi connectivity index (χ1v) is 2.84. The quantitative estimate of drug-likeness (QED) is 0.453. The van der Waals surface area contributed by atoms with E-state index in [1.807, 2.05) is 6.92 Å². The lowest BCUT2D eigenvalue weighted by atomic mass is 10.5. The van der Waals surface area contributed by atoms with Crippen LogP contribution in [0.2, 0.25) is 0 Å². The van der Waals surface area contributed by atoms with E-state index < -0.39 is 0 Å². The Morgan fingerprint density at radius 1 is 1.78 bits per heavy atom. The number of allylic oxidation sites excluding steroid dienone is 3. The summed E-state index contributed by atoms with van der Waals surface area (Å²) in [6.07, 6.45) is 3.39. The van der Waals surface area contributed by atoms with Crippen molar-refractivity contribution in [1.82, 2.24) is 0 Å². The number of hydrogen-bond acceptors (Lipinski definition) is 2. The van der Waals surface area contributed by atoms with Gasteiger partial charge in [-0.2, -0.15) is 0 Å². The Hall–Kier alpha value is -0.760. The van der Waals surface area contributed by atoms with Crippen LogP contribution in [0.1, 0.15) is 6.92 Å². The molecule has 0 aromatic heterocycles. The van der Waals surface area contributed by atoms with Gasteiger partial charge in [0.15, 0.2) is 0 Å². The highest BCUT2D eigenvalue weighted by Gasteiger charge is 1.83. The minimum Gasteiger partial charge on any atom is -0.496 e. The molecule has 9 heavy (non-hydrogen) atoms. The second-order valence-corrected chi connectivity index (χ2v) is 1.59. The average molecular weight is 128 g/mol. The molecule has 0 fully saturated rings. The molecule has 0 saturated heterocycles. The van der Waals surface area contributed by atoms with Gasteiger partial charge in [0, 0.05) is 0 Å². The molecule has 52 valence electrons. The Kier molecular flexibility index (Phi) is 4.92. The third-order valence-corrected chi connectivity index (χ3v) is 0.774. The lowest BCUT2D eigenvalue weighted by Crippen LogP contribution is -1.96. The van der Waals surface area contributed by atoms with Gasteiger partial charge in [-0.1, -0.05) is 12.7 Å². The molecule has 0 rings (SSSR count). The molecule has 0 aromatic carbocycles. The molecule has 0 aliphatic heterocycles. The summed E-state index contributed by atoms with van der Waals surface area (Å²) in [5.41, 5.74) is 0. The maximum absolute atomic E-state index is 8.31. The van der Waals surface area contributed by atoms with Crippen LogP contribution in [0.5, 0.6) is 0 Å². The smallest absolute Gasteiger partial charge is 0.111 e. The van der Waals surface area contributed by atoms with Crippen molar-refractivity contribution in [1.29, 1.82) is 0 Å². The van der Waals surface area contributed by atoms with E-state index >= 15 is 0 Å². The van der Waals surface area contributed by atoms with E-state index in [2.05, 4.69) is 6.58 Å². The van der Waals surface area contributed by atoms with Crippen LogP contribution in [-0.2, 0) is 4.74 Å². The zero-order valence-electron chi connectivity index (χ0n) is 5.63. The van der Waals surface area contributed by atoms with Crippen LogP contribution in [0.15, 0.2) is 24.5 Å². The van der Waals surface area contributed by atoms with Gasteiger partial charge < -0.3 is 9.84 Å². The van der Waals surface area contributed by atoms with Crippen LogP contribution in [0, 0.1) is 0 Å². The highest BCUT2D eigenvalue weighted by Crippen LogP contribution is 1.93. The molecular formula is C7H12O2. The molecule has 0 aliphatic carbocycles. The largest absolute Gasteiger partial charge is 0.496 e. The zero-order chi connectivity index (χ0) is 7.11. The molecule has 0 amide bonds. The highest BCUT2D eigenvalue weighted by atomic mass is 16.5. The Bertz CT molecular complexity index is 105. The summed E-state index contributed by atoms with van der Waals surface area (Å²) >= 11 is 0. The maximum Gasteiger partial charge on any atom is 0.111 e. The van der Waals surface area contributed by atoms with Gasteiger partial charge in [-0.15, -0.1) is 0 Å². The lowest BCUT2D eigenvalue weighted by Gasteiger charge is -2.00. The van der Waals surface area contributed by atoms with Crippen molar-refractivity contribution in [3.8, 4) is 0 Å². The van der Waals surface area contributed by atoms with Crippen molar-refractivity contribution in [2.75, 3.05) is 13.2 Å². The summed E-state index contributed by atoms with van der Waals surface area (Å²) < 4.78 is 4.97. The number of rotatable bonds is 4. The normalized spacial score (nSPS) is 11.1. The summed E-state index contributed by atoms with van der Waals surface area (Å²) in [6.45, 7) is 5.72. The predicted molar refractivity (Wildman–Crippen MR) is 37.0 cm³/mol. The first kappa shape index (κ1) is 8.24. The van der Waals surface area contributed by atoms with E-state index in [0.29, 0.717) is 6.61 Å². The summed E-state index contributed by atoms with van der Waals surface area (Å²) in [6, 6.07) is 0. The van der Waals surface area contributed by atoms with Gasteiger partial charge in [0.25, 0.3) is 0 Å². The van der Waals surface area contributed by atoms with Crippen molar-refractivity contribution >= 4 is 0 Å². The van der Waals surface area contributed by atoms with Crippen LogP contribution >= 0.6 is 0 Å². The molecule has 0 heterocycles. The molecule has 2 heteroatoms. The first-order chi connectivity index (χ1) is 4.31. The van der Waals surface area contributed by atoms with Crippen molar-refractivity contribution in [3.05, 3.63) is 24.5 Å². The van der Waals surface area contributed by atoms with Crippen LogP contribution in [0.25, 0.3) is 0 Å². The molecule has 2 nitrogen and oxygen atoms in total. The second-order valence-electron chi connectivity index (χ2n) is 1.59. The number of aliphatic hydroxyl groups is 1. The lowest BCUT2D eigenvalue weighted by molar-refractivity contribution is 0.146. The third kappa shape index (κ3) is 5.11. The Morgan fingerprint density at radius 3 is 2.89 bits per heavy atom. The predicted octanol–water partition coefficient (Wildman–Crippen LogP) is 1.09. The van der Waals surface area contributed by atoms with Crippen LogP contribution in [-0.4, -0.2) is 18.3 Å². The molecule has 1 N–H and O–H groups in total. The van der Waals surface area contributed by atoms with E-state index in [1.54, 1.807) is 12.2 Å². The average Bonchev–Trinajstić information content (AvgIpc) is 1.85. The highest BCUT2D eigenvalue weighted by molar-refractivity contribution is 5.01. The summed E-state index contributed by atoms with van der Waals surface area (Å²) in [4.78, 5) is 0. The van der Waals surface area contributed by atoms with Crippen molar-refractivity contribution in [2.45, 2.75) is 6.92 Å².